The van der Waals surface area contributed by atoms with Crippen molar-refractivity contribution >= 4 is 0 Å². The molecule has 2 atom stereocenters. The van der Waals surface area contributed by atoms with Crippen LogP contribution >= 0.6 is 0 Å². The molecule has 0 fully saturated rings. The normalized spacial score (nSPS) is 14.9. The number of ether oxygens (including phenoxy) is 1. The molecule has 0 radical (unpaired) electrons. The van der Waals surface area contributed by atoms with Crippen LogP contribution < -0.4 is 11.1 Å². The van der Waals surface area contributed by atoms with Gasteiger partial charge in [-0.15, -0.1) is 0 Å². The molecule has 1 aromatic rings. The van der Waals surface area contributed by atoms with Gasteiger partial charge in [0.15, 0.2) is 0 Å². The molecule has 92 valence electrons. The summed E-state index contributed by atoms with van der Waals surface area (Å²) < 4.78 is 5.17. The highest BCUT2D eigenvalue weighted by Crippen LogP contribution is 2.08. The molecule has 0 aliphatic heterocycles. The van der Waals surface area contributed by atoms with Crippen molar-refractivity contribution in [2.45, 2.75) is 31.8 Å². The number of nitrogens with zero attached hydrogens (tertiary/aromatic N) is 2. The lowest BCUT2D eigenvalue weighted by Gasteiger charge is -2.21. The molecule has 2 unspecified atom stereocenters. The zero-order valence-electron chi connectivity index (χ0n) is 9.94. The Balaban J connectivity index is 2.40. The summed E-state index contributed by atoms with van der Waals surface area (Å²) in [5, 5.41) is 10.1. The molecule has 4 N–H and O–H groups in total. The summed E-state index contributed by atoms with van der Waals surface area (Å²) in [6.45, 7) is 3.43. The van der Waals surface area contributed by atoms with Crippen molar-refractivity contribution in [3.8, 4) is 0 Å². The average molecular weight is 227 g/mol. The van der Waals surface area contributed by atoms with Crippen molar-refractivity contribution in [2.24, 2.45) is 5.73 Å². The Morgan fingerprint density at radius 1 is 1.62 bits per heavy atom. The lowest BCUT2D eigenvalue weighted by Crippen LogP contribution is -2.36. The third-order valence-corrected chi connectivity index (χ3v) is 2.45. The second-order valence-electron chi connectivity index (χ2n) is 3.84. The van der Waals surface area contributed by atoms with E-state index in [1.807, 2.05) is 6.92 Å². The predicted molar refractivity (Wildman–Crippen MR) is 61.9 cm³/mol. The number of nitrogens with one attached hydrogen (secondary N) is 2. The van der Waals surface area contributed by atoms with Gasteiger partial charge in [0.05, 0.1) is 12.6 Å². The third-order valence-electron chi connectivity index (χ3n) is 2.45. The van der Waals surface area contributed by atoms with Gasteiger partial charge in [0, 0.05) is 13.2 Å². The Labute approximate surface area is 96.0 Å². The predicted octanol–water partition coefficient (Wildman–Crippen LogP) is 0.209. The first-order chi connectivity index (χ1) is 7.77. The molecule has 16 heavy (non-hydrogen) atoms. The number of aromatic nitrogens is 3. The van der Waals surface area contributed by atoms with Crippen molar-refractivity contribution in [1.82, 2.24) is 20.5 Å². The van der Waals surface area contributed by atoms with Crippen LogP contribution in [0.3, 0.4) is 0 Å². The highest BCUT2D eigenvalue weighted by Gasteiger charge is 2.14. The molecule has 6 nitrogen and oxygen atoms in total. The Morgan fingerprint density at radius 3 is 3.00 bits per heavy atom. The third kappa shape index (κ3) is 4.26. The molecule has 0 saturated heterocycles. The van der Waals surface area contributed by atoms with Crippen molar-refractivity contribution in [1.29, 1.82) is 0 Å². The molecule has 0 saturated carbocycles. The first-order valence-electron chi connectivity index (χ1n) is 5.58. The molecule has 0 aliphatic carbocycles. The van der Waals surface area contributed by atoms with Crippen LogP contribution in [0.25, 0.3) is 0 Å². The minimum Gasteiger partial charge on any atom is -0.383 e. The van der Waals surface area contributed by atoms with E-state index in [1.165, 1.54) is 6.33 Å². The number of nitrogens with two attached hydrogens (primary N) is 1. The van der Waals surface area contributed by atoms with Gasteiger partial charge >= 0.3 is 0 Å². The van der Waals surface area contributed by atoms with E-state index in [1.54, 1.807) is 7.11 Å². The molecule has 0 spiro atoms. The molecular weight excluding hydrogens is 206 g/mol. The van der Waals surface area contributed by atoms with Crippen LogP contribution in [0.15, 0.2) is 6.33 Å². The number of methoxy groups -OCH3 is 1. The minimum atomic E-state index is 0.139. The van der Waals surface area contributed by atoms with Crippen LogP contribution in [0.5, 0.6) is 0 Å². The van der Waals surface area contributed by atoms with Crippen molar-refractivity contribution < 1.29 is 4.74 Å². The van der Waals surface area contributed by atoms with Crippen molar-refractivity contribution in [2.75, 3.05) is 20.3 Å². The van der Waals surface area contributed by atoms with Gasteiger partial charge in [-0.05, 0) is 26.3 Å². The van der Waals surface area contributed by atoms with Crippen molar-refractivity contribution in [3.63, 3.8) is 0 Å². The number of aromatic amines is 1. The smallest absolute Gasteiger partial charge is 0.141 e. The van der Waals surface area contributed by atoms with Gasteiger partial charge in [0.1, 0.15) is 12.2 Å². The van der Waals surface area contributed by atoms with Crippen LogP contribution in [0, 0.1) is 0 Å². The van der Waals surface area contributed by atoms with Gasteiger partial charge < -0.3 is 15.8 Å². The number of rotatable bonds is 8. The van der Waals surface area contributed by atoms with Crippen LogP contribution in [-0.4, -0.2) is 41.5 Å². The zero-order chi connectivity index (χ0) is 11.8. The van der Waals surface area contributed by atoms with E-state index in [2.05, 4.69) is 20.5 Å². The van der Waals surface area contributed by atoms with Crippen molar-refractivity contribution in [3.05, 3.63) is 12.2 Å². The summed E-state index contributed by atoms with van der Waals surface area (Å²) in [5.74, 6) is 0.842. The first kappa shape index (κ1) is 13.1. The van der Waals surface area contributed by atoms with E-state index in [0.717, 1.165) is 18.7 Å². The fraction of sp³-hybridized carbons (Fsp3) is 0.800. The Hall–Kier alpha value is -0.980. The van der Waals surface area contributed by atoms with Gasteiger partial charge in [0.25, 0.3) is 0 Å². The number of hydrogen-bond acceptors (Lipinski definition) is 5. The standard InChI is InChI=1S/C10H21N5O/c1-8(10-12-7-13-15-10)14-9(6-16-2)4-3-5-11/h7-9,14H,3-6,11H2,1-2H3,(H,12,13,15). The summed E-state index contributed by atoms with van der Waals surface area (Å²) in [6.07, 6.45) is 3.51. The molecule has 0 aromatic carbocycles. The molecular formula is C10H21N5O. The highest BCUT2D eigenvalue weighted by molar-refractivity contribution is 4.90. The Kier molecular flexibility index (Phi) is 5.99. The fourth-order valence-corrected chi connectivity index (χ4v) is 1.64. The second-order valence-corrected chi connectivity index (χ2v) is 3.84. The van der Waals surface area contributed by atoms with E-state index < -0.39 is 0 Å². The van der Waals surface area contributed by atoms with Crippen LogP contribution in [0.2, 0.25) is 0 Å². The SMILES string of the molecule is COCC(CCCN)NC(C)c1ncn[nH]1. The summed E-state index contributed by atoms with van der Waals surface area (Å²) >= 11 is 0. The van der Waals surface area contributed by atoms with Gasteiger partial charge in [-0.3, -0.25) is 5.10 Å². The average Bonchev–Trinajstić information content (AvgIpc) is 2.79. The van der Waals surface area contributed by atoms with E-state index in [4.69, 9.17) is 10.5 Å². The van der Waals surface area contributed by atoms with Crippen LogP contribution in [-0.2, 0) is 4.74 Å². The van der Waals surface area contributed by atoms with Gasteiger partial charge in [-0.1, -0.05) is 0 Å². The summed E-state index contributed by atoms with van der Waals surface area (Å²) in [6, 6.07) is 0.439. The lowest BCUT2D eigenvalue weighted by molar-refractivity contribution is 0.156. The van der Waals surface area contributed by atoms with E-state index >= 15 is 0 Å². The van der Waals surface area contributed by atoms with E-state index in [0.29, 0.717) is 19.2 Å². The molecule has 0 amide bonds. The molecule has 6 heteroatoms. The Bertz CT molecular complexity index is 264. The van der Waals surface area contributed by atoms with Gasteiger partial charge in [-0.25, -0.2) is 4.98 Å². The topological polar surface area (TPSA) is 88.8 Å². The van der Waals surface area contributed by atoms with E-state index in [9.17, 15) is 0 Å². The van der Waals surface area contributed by atoms with Gasteiger partial charge in [0.2, 0.25) is 0 Å². The summed E-state index contributed by atoms with van der Waals surface area (Å²) in [7, 11) is 1.70. The largest absolute Gasteiger partial charge is 0.383 e. The molecule has 1 heterocycles. The molecule has 0 bridgehead atoms. The summed E-state index contributed by atoms with van der Waals surface area (Å²) in [4.78, 5) is 4.11. The minimum absolute atomic E-state index is 0.139. The fourth-order valence-electron chi connectivity index (χ4n) is 1.64. The maximum atomic E-state index is 5.50. The van der Waals surface area contributed by atoms with E-state index in [-0.39, 0.29) is 6.04 Å². The van der Waals surface area contributed by atoms with Gasteiger partial charge in [-0.2, -0.15) is 5.10 Å². The highest BCUT2D eigenvalue weighted by atomic mass is 16.5. The first-order valence-corrected chi connectivity index (χ1v) is 5.58. The quantitative estimate of drug-likeness (QED) is 0.591. The molecule has 1 rings (SSSR count). The molecule has 1 aromatic heterocycles. The lowest BCUT2D eigenvalue weighted by atomic mass is 10.1. The van der Waals surface area contributed by atoms with Crippen LogP contribution in [0.4, 0.5) is 0 Å². The second kappa shape index (κ2) is 7.32. The maximum Gasteiger partial charge on any atom is 0.141 e. The zero-order valence-corrected chi connectivity index (χ0v) is 9.94. The maximum absolute atomic E-state index is 5.50. The van der Waals surface area contributed by atoms with Crippen LogP contribution in [0.1, 0.15) is 31.6 Å². The Morgan fingerprint density at radius 2 is 2.44 bits per heavy atom. The molecule has 0 aliphatic rings. The monoisotopic (exact) mass is 227 g/mol. The number of H-pyrrole nitrogens is 1. The number of hydrogen-bond donors (Lipinski definition) is 3. The summed E-state index contributed by atoms with van der Waals surface area (Å²) in [5.41, 5.74) is 5.50.